The topological polar surface area (TPSA) is 90.9 Å². The van der Waals surface area contributed by atoms with Gasteiger partial charge in [-0.3, -0.25) is 4.79 Å². The average molecular weight is 502 g/mol. The zero-order chi connectivity index (χ0) is 18.9. The van der Waals surface area contributed by atoms with Gasteiger partial charge in [0, 0.05) is 32.9 Å². The molecule has 0 aromatic carbocycles. The predicted molar refractivity (Wildman–Crippen MR) is 118 cm³/mol. The molecule has 0 saturated heterocycles. The molecule has 0 bridgehead atoms. The number of amides is 1. The summed E-state index contributed by atoms with van der Waals surface area (Å²) in [4.78, 5) is 17.7. The number of halogens is 1. The molecule has 1 unspecified atom stereocenters. The Balaban J connectivity index is 0.00000625. The Hall–Kier alpha value is -0.580. The summed E-state index contributed by atoms with van der Waals surface area (Å²) in [6, 6.07) is -0.0400. The monoisotopic (exact) mass is 502 g/mol. The van der Waals surface area contributed by atoms with Crippen LogP contribution in [0.4, 0.5) is 0 Å². The van der Waals surface area contributed by atoms with E-state index in [1.807, 2.05) is 6.92 Å². The van der Waals surface area contributed by atoms with Crippen LogP contribution in [0, 0.1) is 5.92 Å². The van der Waals surface area contributed by atoms with Gasteiger partial charge in [-0.15, -0.1) is 24.0 Å². The first-order valence-corrected chi connectivity index (χ1v) is 11.2. The normalized spacial score (nSPS) is 17.2. The largest absolute Gasteiger partial charge is 0.356 e. The highest BCUT2D eigenvalue weighted by molar-refractivity contribution is 14.0. The van der Waals surface area contributed by atoms with Crippen molar-refractivity contribution in [2.75, 3.05) is 39.2 Å². The van der Waals surface area contributed by atoms with E-state index in [0.29, 0.717) is 18.3 Å². The first-order chi connectivity index (χ1) is 11.7. The van der Waals surface area contributed by atoms with Gasteiger partial charge in [0.1, 0.15) is 16.4 Å². The van der Waals surface area contributed by atoms with Gasteiger partial charge < -0.3 is 15.5 Å². The highest BCUT2D eigenvalue weighted by Crippen LogP contribution is 2.22. The Morgan fingerprint density at radius 3 is 2.38 bits per heavy atom. The second-order valence-corrected chi connectivity index (χ2v) is 9.56. The van der Waals surface area contributed by atoms with E-state index >= 15 is 0 Å². The highest BCUT2D eigenvalue weighted by Gasteiger charge is 2.15. The summed E-state index contributed by atoms with van der Waals surface area (Å²) in [5.41, 5.74) is 0. The van der Waals surface area contributed by atoms with E-state index in [1.165, 1.54) is 43.3 Å². The number of carbonyl (C=O) groups excluding carboxylic acids is 1. The zero-order valence-electron chi connectivity index (χ0n) is 16.5. The molecule has 1 amide bonds. The van der Waals surface area contributed by atoms with Crippen LogP contribution in [0.25, 0.3) is 0 Å². The van der Waals surface area contributed by atoms with Crippen molar-refractivity contribution in [1.82, 2.24) is 15.5 Å². The van der Waals surface area contributed by atoms with Crippen molar-refractivity contribution in [2.45, 2.75) is 51.5 Å². The van der Waals surface area contributed by atoms with Crippen molar-refractivity contribution >= 4 is 45.7 Å². The number of aliphatic imine (C=N–C) groups is 1. The van der Waals surface area contributed by atoms with Crippen LogP contribution in [0.1, 0.15) is 45.4 Å². The smallest absolute Gasteiger partial charge is 0.243 e. The second kappa shape index (κ2) is 12.7. The molecule has 2 N–H and O–H groups in total. The van der Waals surface area contributed by atoms with Gasteiger partial charge in [-0.25, -0.2) is 13.4 Å². The summed E-state index contributed by atoms with van der Waals surface area (Å²) in [5.74, 6) is 1.29. The molecule has 26 heavy (non-hydrogen) atoms. The van der Waals surface area contributed by atoms with Crippen molar-refractivity contribution in [1.29, 1.82) is 0 Å². The average Bonchev–Trinajstić information content (AvgIpc) is 2.55. The third-order valence-electron chi connectivity index (χ3n) is 4.46. The maximum atomic E-state index is 11.8. The van der Waals surface area contributed by atoms with Gasteiger partial charge in [0.2, 0.25) is 5.91 Å². The molecular weight excluding hydrogens is 467 g/mol. The lowest BCUT2D eigenvalue weighted by Gasteiger charge is -2.24. The van der Waals surface area contributed by atoms with Crippen molar-refractivity contribution < 1.29 is 13.2 Å². The van der Waals surface area contributed by atoms with E-state index in [-0.39, 0.29) is 48.2 Å². The van der Waals surface area contributed by atoms with Crippen LogP contribution in [0.2, 0.25) is 0 Å². The number of carbonyl (C=O) groups is 1. The van der Waals surface area contributed by atoms with Gasteiger partial charge in [-0.05, 0) is 32.1 Å². The molecule has 0 spiro atoms. The molecule has 1 aliphatic carbocycles. The van der Waals surface area contributed by atoms with Crippen molar-refractivity contribution in [2.24, 2.45) is 10.9 Å². The molecule has 1 atom stereocenters. The van der Waals surface area contributed by atoms with Gasteiger partial charge in [0.25, 0.3) is 0 Å². The summed E-state index contributed by atoms with van der Waals surface area (Å²) < 4.78 is 22.6. The summed E-state index contributed by atoms with van der Waals surface area (Å²) >= 11 is 0. The van der Waals surface area contributed by atoms with Crippen molar-refractivity contribution in [3.05, 3.63) is 0 Å². The molecule has 0 aliphatic heterocycles. The third kappa shape index (κ3) is 11.9. The lowest BCUT2D eigenvalue weighted by molar-refractivity contribution is -0.127. The number of likely N-dealkylation sites (N-methyl/N-ethyl adjacent to an activating group) is 1. The van der Waals surface area contributed by atoms with Gasteiger partial charge in [-0.1, -0.05) is 19.3 Å². The lowest BCUT2D eigenvalue weighted by atomic mass is 9.89. The fourth-order valence-corrected chi connectivity index (χ4v) is 3.55. The van der Waals surface area contributed by atoms with Crippen LogP contribution in [0.3, 0.4) is 0 Å². The summed E-state index contributed by atoms with van der Waals surface area (Å²) in [6.45, 7) is 2.84. The Morgan fingerprint density at radius 1 is 1.23 bits per heavy atom. The number of hydrogen-bond donors (Lipinski definition) is 2. The minimum Gasteiger partial charge on any atom is -0.356 e. The molecule has 9 heteroatoms. The number of rotatable bonds is 8. The Bertz CT molecular complexity index is 546. The molecule has 0 aromatic rings. The van der Waals surface area contributed by atoms with E-state index in [4.69, 9.17) is 0 Å². The third-order valence-corrected chi connectivity index (χ3v) is 5.44. The molecule has 7 nitrogen and oxygen atoms in total. The van der Waals surface area contributed by atoms with Crippen LogP contribution in [0.5, 0.6) is 0 Å². The molecule has 0 aromatic heterocycles. The molecular formula is C17H35IN4O3S. The number of hydrogen-bond acceptors (Lipinski definition) is 4. The van der Waals surface area contributed by atoms with Crippen LogP contribution in [-0.4, -0.2) is 70.4 Å². The van der Waals surface area contributed by atoms with E-state index < -0.39 is 9.84 Å². The second-order valence-electron chi connectivity index (χ2n) is 7.30. The summed E-state index contributed by atoms with van der Waals surface area (Å²) in [6.07, 6.45) is 8.05. The molecule has 0 heterocycles. The summed E-state index contributed by atoms with van der Waals surface area (Å²) in [5, 5.41) is 6.56. The molecule has 1 saturated carbocycles. The predicted octanol–water partition coefficient (Wildman–Crippen LogP) is 1.63. The minimum absolute atomic E-state index is 0. The van der Waals surface area contributed by atoms with Crippen molar-refractivity contribution in [3.8, 4) is 0 Å². The van der Waals surface area contributed by atoms with Crippen LogP contribution in [0.15, 0.2) is 4.99 Å². The Morgan fingerprint density at radius 2 is 1.85 bits per heavy atom. The molecule has 154 valence electrons. The molecule has 1 fully saturated rings. The standard InChI is InChI=1S/C17H34N4O3S.HI/c1-14(10-11-25(4,23)24)20-17(19-13-16(22)21(2)3)18-12-15-8-6-5-7-9-15;/h14-15H,5-13H2,1-4H3,(H2,18,19,20);1H. The SMILES string of the molecule is CC(CCS(C)(=O)=O)NC(=NCC(=O)N(C)C)NCC1CCCCC1.I. The number of guanidine groups is 1. The van der Waals surface area contributed by atoms with Gasteiger partial charge in [-0.2, -0.15) is 0 Å². The van der Waals surface area contributed by atoms with Crippen LogP contribution < -0.4 is 10.6 Å². The highest BCUT2D eigenvalue weighted by atomic mass is 127. The van der Waals surface area contributed by atoms with E-state index in [1.54, 1.807) is 14.1 Å². The van der Waals surface area contributed by atoms with E-state index in [0.717, 1.165) is 6.54 Å². The van der Waals surface area contributed by atoms with Gasteiger partial charge in [0.15, 0.2) is 5.96 Å². The zero-order valence-corrected chi connectivity index (χ0v) is 19.6. The van der Waals surface area contributed by atoms with Crippen LogP contribution in [-0.2, 0) is 14.6 Å². The van der Waals surface area contributed by atoms with Gasteiger partial charge >= 0.3 is 0 Å². The van der Waals surface area contributed by atoms with E-state index in [9.17, 15) is 13.2 Å². The van der Waals surface area contributed by atoms with E-state index in [2.05, 4.69) is 15.6 Å². The maximum Gasteiger partial charge on any atom is 0.243 e. The van der Waals surface area contributed by atoms with Crippen molar-refractivity contribution in [3.63, 3.8) is 0 Å². The number of nitrogens with zero attached hydrogens (tertiary/aromatic N) is 2. The Kier molecular flexibility index (Phi) is 12.5. The van der Waals surface area contributed by atoms with Crippen LogP contribution >= 0.6 is 24.0 Å². The van der Waals surface area contributed by atoms with Gasteiger partial charge in [0.05, 0.1) is 5.75 Å². The minimum atomic E-state index is -2.98. The number of sulfone groups is 1. The molecule has 0 radical (unpaired) electrons. The quantitative estimate of drug-likeness (QED) is 0.299. The summed E-state index contributed by atoms with van der Waals surface area (Å²) in [7, 11) is 0.425. The fourth-order valence-electron chi connectivity index (χ4n) is 2.77. The first kappa shape index (κ1) is 25.4. The maximum absolute atomic E-state index is 11.8. The molecule has 1 aliphatic rings. The Labute approximate surface area is 175 Å². The first-order valence-electron chi connectivity index (χ1n) is 9.10. The fraction of sp³-hybridized carbons (Fsp3) is 0.882. The lowest BCUT2D eigenvalue weighted by Crippen LogP contribution is -2.45. The molecule has 1 rings (SSSR count). The number of nitrogens with one attached hydrogen (secondary N) is 2.